The molecule has 29 heavy (non-hydrogen) atoms. The third kappa shape index (κ3) is 6.07. The van der Waals surface area contributed by atoms with E-state index in [9.17, 15) is 9.59 Å². The molecule has 0 aliphatic carbocycles. The average Bonchev–Trinajstić information content (AvgIpc) is 3.09. The van der Waals surface area contributed by atoms with Crippen molar-refractivity contribution in [3.63, 3.8) is 0 Å². The number of carbonyl (C=O) groups excluding carboxylic acids is 2. The Hall–Kier alpha value is -2.83. The minimum absolute atomic E-state index is 0.179. The fourth-order valence-electron chi connectivity index (χ4n) is 2.80. The Morgan fingerprint density at radius 1 is 1.07 bits per heavy atom. The maximum Gasteiger partial charge on any atom is 0.268 e. The van der Waals surface area contributed by atoms with Crippen molar-refractivity contribution in [2.75, 3.05) is 0 Å². The van der Waals surface area contributed by atoms with Gasteiger partial charge in [0.2, 0.25) is 5.91 Å². The van der Waals surface area contributed by atoms with Crippen LogP contribution in [0.5, 0.6) is 0 Å². The molecule has 1 aromatic carbocycles. The van der Waals surface area contributed by atoms with Crippen LogP contribution in [-0.2, 0) is 17.8 Å². The molecule has 0 radical (unpaired) electrons. The molecule has 0 spiro atoms. The molecule has 1 atom stereocenters. The Bertz CT molecular complexity index is 942. The zero-order valence-electron chi connectivity index (χ0n) is 15.5. The standard InChI is InChI=1S/C21H20Cl2N4O2/c22-16-11-18(26-19(16)23)21(29)27-17(9-8-14-5-2-1-3-6-14)20(28)25-13-15-7-4-10-24-12-15/h1-7,10-12,17,26H,8-9,13H2,(H,25,28)(H,27,29)/t17-/m0/s1. The van der Waals surface area contributed by atoms with Gasteiger partial charge in [-0.1, -0.05) is 59.6 Å². The fraction of sp³-hybridized carbons (Fsp3) is 0.190. The van der Waals surface area contributed by atoms with Crippen molar-refractivity contribution in [2.45, 2.75) is 25.4 Å². The van der Waals surface area contributed by atoms with Crippen LogP contribution >= 0.6 is 23.2 Å². The van der Waals surface area contributed by atoms with Crippen LogP contribution < -0.4 is 10.6 Å². The van der Waals surface area contributed by atoms with E-state index in [1.165, 1.54) is 6.07 Å². The number of aryl methyl sites for hydroxylation is 1. The number of carbonyl (C=O) groups is 2. The highest BCUT2D eigenvalue weighted by Crippen LogP contribution is 2.21. The van der Waals surface area contributed by atoms with Gasteiger partial charge in [-0.25, -0.2) is 0 Å². The van der Waals surface area contributed by atoms with Gasteiger partial charge in [0.1, 0.15) is 16.9 Å². The van der Waals surface area contributed by atoms with Gasteiger partial charge in [-0.05, 0) is 36.1 Å². The van der Waals surface area contributed by atoms with Crippen LogP contribution in [-0.4, -0.2) is 27.8 Å². The molecule has 3 aromatic rings. The van der Waals surface area contributed by atoms with Crippen molar-refractivity contribution in [2.24, 2.45) is 0 Å². The van der Waals surface area contributed by atoms with Crippen molar-refractivity contribution in [1.82, 2.24) is 20.6 Å². The smallest absolute Gasteiger partial charge is 0.268 e. The third-order valence-electron chi connectivity index (χ3n) is 4.35. The quantitative estimate of drug-likeness (QED) is 0.508. The van der Waals surface area contributed by atoms with Crippen LogP contribution in [0.3, 0.4) is 0 Å². The van der Waals surface area contributed by atoms with Crippen LogP contribution in [0.15, 0.2) is 60.9 Å². The number of nitrogens with one attached hydrogen (secondary N) is 3. The summed E-state index contributed by atoms with van der Waals surface area (Å²) in [5.41, 5.74) is 2.15. The summed E-state index contributed by atoms with van der Waals surface area (Å²) in [6.07, 6.45) is 4.43. The first-order valence-electron chi connectivity index (χ1n) is 9.08. The topological polar surface area (TPSA) is 86.9 Å². The lowest BCUT2D eigenvalue weighted by molar-refractivity contribution is -0.123. The minimum atomic E-state index is -0.722. The van der Waals surface area contributed by atoms with Crippen molar-refractivity contribution in [3.05, 3.63) is 87.9 Å². The molecule has 0 aliphatic heterocycles. The van der Waals surface area contributed by atoms with E-state index in [4.69, 9.17) is 23.2 Å². The molecule has 0 bridgehead atoms. The Labute approximate surface area is 178 Å². The van der Waals surface area contributed by atoms with Gasteiger partial charge in [-0.3, -0.25) is 14.6 Å². The predicted molar refractivity (Wildman–Crippen MR) is 113 cm³/mol. The van der Waals surface area contributed by atoms with E-state index in [2.05, 4.69) is 20.6 Å². The molecule has 2 heterocycles. The van der Waals surface area contributed by atoms with Gasteiger partial charge >= 0.3 is 0 Å². The van der Waals surface area contributed by atoms with Gasteiger partial charge in [0.15, 0.2) is 0 Å². The highest BCUT2D eigenvalue weighted by Gasteiger charge is 2.22. The molecule has 2 aromatic heterocycles. The van der Waals surface area contributed by atoms with E-state index in [0.29, 0.717) is 19.4 Å². The molecule has 0 saturated heterocycles. The summed E-state index contributed by atoms with van der Waals surface area (Å²) >= 11 is 11.8. The second-order valence-electron chi connectivity index (χ2n) is 6.47. The van der Waals surface area contributed by atoms with E-state index in [1.807, 2.05) is 36.4 Å². The van der Waals surface area contributed by atoms with Gasteiger partial charge in [0.25, 0.3) is 5.91 Å². The minimum Gasteiger partial charge on any atom is -0.350 e. The number of aromatic nitrogens is 2. The summed E-state index contributed by atoms with van der Waals surface area (Å²) in [5.74, 6) is -0.727. The molecule has 150 valence electrons. The number of rotatable bonds is 8. The van der Waals surface area contributed by atoms with Gasteiger partial charge in [0, 0.05) is 18.9 Å². The molecule has 0 unspecified atom stereocenters. The lowest BCUT2D eigenvalue weighted by Gasteiger charge is -2.18. The van der Waals surface area contributed by atoms with Crippen LogP contribution in [0.25, 0.3) is 0 Å². The third-order valence-corrected chi connectivity index (χ3v) is 5.04. The Morgan fingerprint density at radius 3 is 2.48 bits per heavy atom. The van der Waals surface area contributed by atoms with Crippen molar-refractivity contribution >= 4 is 35.0 Å². The molecule has 3 rings (SSSR count). The molecule has 2 amide bonds. The van der Waals surface area contributed by atoms with Gasteiger partial charge in [-0.15, -0.1) is 0 Å². The SMILES string of the molecule is O=C(N[C@@H](CCc1ccccc1)C(=O)NCc1cccnc1)c1cc(Cl)c(Cl)[nH]1. The largest absolute Gasteiger partial charge is 0.350 e. The van der Waals surface area contributed by atoms with Crippen molar-refractivity contribution in [1.29, 1.82) is 0 Å². The lowest BCUT2D eigenvalue weighted by atomic mass is 10.0. The summed E-state index contributed by atoms with van der Waals surface area (Å²) in [6, 6.07) is 14.2. The molecular formula is C21H20Cl2N4O2. The maximum atomic E-state index is 12.8. The Balaban J connectivity index is 1.67. The van der Waals surface area contributed by atoms with Crippen molar-refractivity contribution < 1.29 is 9.59 Å². The van der Waals surface area contributed by atoms with Crippen LogP contribution in [0.1, 0.15) is 28.0 Å². The highest BCUT2D eigenvalue weighted by molar-refractivity contribution is 6.41. The number of hydrogen-bond acceptors (Lipinski definition) is 3. The van der Waals surface area contributed by atoms with Gasteiger partial charge in [-0.2, -0.15) is 0 Å². The summed E-state index contributed by atoms with van der Waals surface area (Å²) in [6.45, 7) is 0.324. The number of benzene rings is 1. The number of nitrogens with zero attached hydrogens (tertiary/aromatic N) is 1. The number of hydrogen-bond donors (Lipinski definition) is 3. The summed E-state index contributed by atoms with van der Waals surface area (Å²) in [7, 11) is 0. The lowest BCUT2D eigenvalue weighted by Crippen LogP contribution is -2.46. The van der Waals surface area contributed by atoms with E-state index >= 15 is 0 Å². The number of H-pyrrole nitrogens is 1. The van der Waals surface area contributed by atoms with Crippen LogP contribution in [0.2, 0.25) is 10.2 Å². The summed E-state index contributed by atoms with van der Waals surface area (Å²) < 4.78 is 0. The second kappa shape index (κ2) is 10.1. The Morgan fingerprint density at radius 2 is 1.83 bits per heavy atom. The zero-order valence-corrected chi connectivity index (χ0v) is 17.0. The molecule has 8 heteroatoms. The molecule has 6 nitrogen and oxygen atoms in total. The van der Waals surface area contributed by atoms with Crippen LogP contribution in [0, 0.1) is 0 Å². The van der Waals surface area contributed by atoms with Gasteiger partial charge < -0.3 is 15.6 Å². The monoisotopic (exact) mass is 430 g/mol. The molecule has 0 saturated carbocycles. The summed E-state index contributed by atoms with van der Waals surface area (Å²) in [5, 5.41) is 6.05. The molecule has 0 fully saturated rings. The second-order valence-corrected chi connectivity index (χ2v) is 7.26. The van der Waals surface area contributed by atoms with Crippen LogP contribution in [0.4, 0.5) is 0 Å². The van der Waals surface area contributed by atoms with E-state index in [1.54, 1.807) is 18.5 Å². The number of pyridine rings is 1. The average molecular weight is 431 g/mol. The molecule has 3 N–H and O–H groups in total. The molecule has 0 aliphatic rings. The number of halogens is 2. The zero-order chi connectivity index (χ0) is 20.6. The van der Waals surface area contributed by atoms with E-state index in [-0.39, 0.29) is 21.8 Å². The first-order chi connectivity index (χ1) is 14.0. The highest BCUT2D eigenvalue weighted by atomic mass is 35.5. The normalized spacial score (nSPS) is 11.7. The van der Waals surface area contributed by atoms with Gasteiger partial charge in [0.05, 0.1) is 5.02 Å². The van der Waals surface area contributed by atoms with E-state index in [0.717, 1.165) is 11.1 Å². The molecular weight excluding hydrogens is 411 g/mol. The van der Waals surface area contributed by atoms with E-state index < -0.39 is 11.9 Å². The summed E-state index contributed by atoms with van der Waals surface area (Å²) in [4.78, 5) is 32.1. The predicted octanol–water partition coefficient (Wildman–Crippen LogP) is 3.76. The first-order valence-corrected chi connectivity index (χ1v) is 9.84. The number of amides is 2. The number of aromatic amines is 1. The fourth-order valence-corrected chi connectivity index (χ4v) is 3.11. The Kier molecular flexibility index (Phi) is 7.27. The first kappa shape index (κ1) is 20.9. The van der Waals surface area contributed by atoms with Crippen molar-refractivity contribution in [3.8, 4) is 0 Å². The maximum absolute atomic E-state index is 12.8.